The molecule has 0 spiro atoms. The first-order chi connectivity index (χ1) is 13.5. The van der Waals surface area contributed by atoms with Gasteiger partial charge in [-0.25, -0.2) is 0 Å². The van der Waals surface area contributed by atoms with Gasteiger partial charge in [0.1, 0.15) is 6.54 Å². The van der Waals surface area contributed by atoms with E-state index in [1.165, 1.54) is 22.5 Å². The SMILES string of the molecule is O=C(CNC(=O)c1cccs1)NCC(=O)OCC(=O)c1ccc2c(c1)CCC2. The highest BCUT2D eigenvalue weighted by Crippen LogP contribution is 2.23. The summed E-state index contributed by atoms with van der Waals surface area (Å²) in [7, 11) is 0. The van der Waals surface area contributed by atoms with Crippen LogP contribution in [0.4, 0.5) is 0 Å². The van der Waals surface area contributed by atoms with Crippen LogP contribution in [0, 0.1) is 0 Å². The predicted molar refractivity (Wildman–Crippen MR) is 103 cm³/mol. The van der Waals surface area contributed by atoms with E-state index in [0.717, 1.165) is 19.3 Å². The zero-order valence-corrected chi connectivity index (χ0v) is 16.0. The Labute approximate surface area is 166 Å². The van der Waals surface area contributed by atoms with Crippen LogP contribution >= 0.6 is 11.3 Å². The molecule has 0 radical (unpaired) electrons. The number of aryl methyl sites for hydroxylation is 2. The summed E-state index contributed by atoms with van der Waals surface area (Å²) in [6, 6.07) is 8.93. The van der Waals surface area contributed by atoms with Crippen molar-refractivity contribution >= 4 is 34.9 Å². The van der Waals surface area contributed by atoms with Gasteiger partial charge in [-0.3, -0.25) is 19.2 Å². The van der Waals surface area contributed by atoms with Crippen LogP contribution in [0.25, 0.3) is 0 Å². The van der Waals surface area contributed by atoms with Crippen LogP contribution in [-0.2, 0) is 27.2 Å². The predicted octanol–water partition coefficient (Wildman–Crippen LogP) is 1.51. The topological polar surface area (TPSA) is 102 Å². The maximum Gasteiger partial charge on any atom is 0.325 e. The fourth-order valence-electron chi connectivity index (χ4n) is 2.91. The molecule has 0 fully saturated rings. The van der Waals surface area contributed by atoms with Crippen molar-refractivity contribution in [3.05, 3.63) is 57.3 Å². The summed E-state index contributed by atoms with van der Waals surface area (Å²) >= 11 is 1.26. The summed E-state index contributed by atoms with van der Waals surface area (Å²) in [6.07, 6.45) is 3.09. The molecule has 7 nitrogen and oxygen atoms in total. The molecule has 2 aromatic rings. The Morgan fingerprint density at radius 1 is 1.00 bits per heavy atom. The van der Waals surface area contributed by atoms with Crippen molar-refractivity contribution < 1.29 is 23.9 Å². The smallest absolute Gasteiger partial charge is 0.325 e. The maximum absolute atomic E-state index is 12.2. The Hall–Kier alpha value is -3.00. The lowest BCUT2D eigenvalue weighted by Crippen LogP contribution is -2.39. The number of hydrogen-bond donors (Lipinski definition) is 2. The van der Waals surface area contributed by atoms with Crippen molar-refractivity contribution in [3.8, 4) is 0 Å². The molecule has 0 bridgehead atoms. The largest absolute Gasteiger partial charge is 0.456 e. The Bertz CT molecular complexity index is 892. The number of nitrogens with one attached hydrogen (secondary N) is 2. The Balaban J connectivity index is 1.35. The zero-order valence-electron chi connectivity index (χ0n) is 15.2. The number of amides is 2. The molecule has 28 heavy (non-hydrogen) atoms. The number of thiophene rings is 1. The number of carbonyl (C=O) groups is 4. The standard InChI is InChI=1S/C20H20N2O5S/c23-16(15-7-6-13-3-1-4-14(13)9-15)12-27-19(25)11-21-18(24)10-22-20(26)17-5-2-8-28-17/h2,5-9H,1,3-4,10-12H2,(H,21,24)(H,22,26). The van der Waals surface area contributed by atoms with Gasteiger partial charge in [-0.1, -0.05) is 18.2 Å². The van der Waals surface area contributed by atoms with Crippen LogP contribution in [-0.4, -0.2) is 43.3 Å². The second-order valence-corrected chi connectivity index (χ2v) is 7.31. The number of ketones is 1. The van der Waals surface area contributed by atoms with E-state index in [1.807, 2.05) is 12.1 Å². The van der Waals surface area contributed by atoms with E-state index in [9.17, 15) is 19.2 Å². The Kier molecular flexibility index (Phi) is 6.54. The fraction of sp³-hybridized carbons (Fsp3) is 0.300. The van der Waals surface area contributed by atoms with E-state index in [-0.39, 0.29) is 31.4 Å². The van der Waals surface area contributed by atoms with Gasteiger partial charge in [-0.15, -0.1) is 11.3 Å². The molecule has 2 N–H and O–H groups in total. The number of benzene rings is 1. The third kappa shape index (κ3) is 5.26. The highest BCUT2D eigenvalue weighted by molar-refractivity contribution is 7.12. The molecule has 0 unspecified atom stereocenters. The number of carbonyl (C=O) groups excluding carboxylic acids is 4. The van der Waals surface area contributed by atoms with E-state index < -0.39 is 11.9 Å². The van der Waals surface area contributed by atoms with E-state index in [4.69, 9.17) is 4.74 Å². The first-order valence-corrected chi connectivity index (χ1v) is 9.80. The van der Waals surface area contributed by atoms with Gasteiger partial charge in [0.05, 0.1) is 11.4 Å². The minimum absolute atomic E-state index is 0.252. The van der Waals surface area contributed by atoms with Gasteiger partial charge < -0.3 is 15.4 Å². The summed E-state index contributed by atoms with van der Waals surface area (Å²) in [5, 5.41) is 6.56. The molecule has 1 heterocycles. The summed E-state index contributed by atoms with van der Waals surface area (Å²) in [6.45, 7) is -0.994. The van der Waals surface area contributed by atoms with Crippen LogP contribution < -0.4 is 10.6 Å². The number of rotatable bonds is 8. The Morgan fingerprint density at radius 3 is 2.61 bits per heavy atom. The number of fused-ring (bicyclic) bond motifs is 1. The van der Waals surface area contributed by atoms with Gasteiger partial charge in [0, 0.05) is 5.56 Å². The molecule has 146 valence electrons. The van der Waals surface area contributed by atoms with Crippen LogP contribution in [0.15, 0.2) is 35.7 Å². The molecule has 3 rings (SSSR count). The average molecular weight is 400 g/mol. The molecular formula is C20H20N2O5S. The highest BCUT2D eigenvalue weighted by atomic mass is 32.1. The molecular weight excluding hydrogens is 380 g/mol. The Morgan fingerprint density at radius 2 is 1.82 bits per heavy atom. The first kappa shape index (κ1) is 19.8. The third-order valence-electron chi connectivity index (χ3n) is 4.37. The molecule has 1 aliphatic carbocycles. The van der Waals surface area contributed by atoms with Gasteiger partial charge in [-0.2, -0.15) is 0 Å². The lowest BCUT2D eigenvalue weighted by atomic mass is 10.0. The summed E-state index contributed by atoms with van der Waals surface area (Å²) < 4.78 is 4.92. The number of ether oxygens (including phenoxy) is 1. The normalized spacial score (nSPS) is 12.1. The van der Waals surface area contributed by atoms with E-state index >= 15 is 0 Å². The summed E-state index contributed by atoms with van der Waals surface area (Å²) in [5.74, 6) is -1.87. The van der Waals surface area contributed by atoms with Crippen molar-refractivity contribution in [2.24, 2.45) is 0 Å². The van der Waals surface area contributed by atoms with Gasteiger partial charge in [0.2, 0.25) is 5.91 Å². The van der Waals surface area contributed by atoms with Gasteiger partial charge in [0.15, 0.2) is 12.4 Å². The van der Waals surface area contributed by atoms with Crippen molar-refractivity contribution in [2.75, 3.05) is 19.7 Å². The molecule has 0 saturated heterocycles. The second kappa shape index (κ2) is 9.27. The maximum atomic E-state index is 12.2. The monoisotopic (exact) mass is 400 g/mol. The molecule has 1 aliphatic rings. The summed E-state index contributed by atoms with van der Waals surface area (Å²) in [4.78, 5) is 47.8. The molecule has 1 aromatic heterocycles. The van der Waals surface area contributed by atoms with Crippen LogP contribution in [0.3, 0.4) is 0 Å². The van der Waals surface area contributed by atoms with Crippen LogP contribution in [0.5, 0.6) is 0 Å². The highest BCUT2D eigenvalue weighted by Gasteiger charge is 2.16. The van der Waals surface area contributed by atoms with Crippen molar-refractivity contribution in [2.45, 2.75) is 19.3 Å². The third-order valence-corrected chi connectivity index (χ3v) is 5.24. The van der Waals surface area contributed by atoms with Gasteiger partial charge in [0.25, 0.3) is 5.91 Å². The average Bonchev–Trinajstić information content (AvgIpc) is 3.39. The van der Waals surface area contributed by atoms with Crippen molar-refractivity contribution in [1.82, 2.24) is 10.6 Å². The zero-order chi connectivity index (χ0) is 19.9. The van der Waals surface area contributed by atoms with Gasteiger partial charge >= 0.3 is 5.97 Å². The molecule has 2 amide bonds. The van der Waals surface area contributed by atoms with Crippen molar-refractivity contribution in [1.29, 1.82) is 0 Å². The van der Waals surface area contributed by atoms with E-state index in [2.05, 4.69) is 10.6 Å². The molecule has 0 aliphatic heterocycles. The summed E-state index contributed by atoms with van der Waals surface area (Å²) in [5.41, 5.74) is 2.96. The molecule has 0 saturated carbocycles. The molecule has 1 aromatic carbocycles. The molecule has 8 heteroatoms. The fourth-order valence-corrected chi connectivity index (χ4v) is 3.55. The quantitative estimate of drug-likeness (QED) is 0.517. The van der Waals surface area contributed by atoms with Gasteiger partial charge in [-0.05, 0) is 47.9 Å². The minimum atomic E-state index is -0.715. The van der Waals surface area contributed by atoms with Crippen LogP contribution in [0.2, 0.25) is 0 Å². The first-order valence-electron chi connectivity index (χ1n) is 8.92. The number of Topliss-reactive ketones (excluding diaryl/α,β-unsaturated/α-hetero) is 1. The van der Waals surface area contributed by atoms with E-state index in [0.29, 0.717) is 10.4 Å². The lowest BCUT2D eigenvalue weighted by molar-refractivity contribution is -0.142. The van der Waals surface area contributed by atoms with Crippen molar-refractivity contribution in [3.63, 3.8) is 0 Å². The van der Waals surface area contributed by atoms with Crippen LogP contribution in [0.1, 0.15) is 37.6 Å². The minimum Gasteiger partial charge on any atom is -0.456 e. The second-order valence-electron chi connectivity index (χ2n) is 6.36. The van der Waals surface area contributed by atoms with E-state index in [1.54, 1.807) is 23.6 Å². The number of hydrogen-bond acceptors (Lipinski definition) is 6. The molecule has 0 atom stereocenters. The number of esters is 1. The lowest BCUT2D eigenvalue weighted by Gasteiger charge is -2.08.